The number of tetrazole rings is 1. The molecule has 3 heterocycles. The monoisotopic (exact) mass is 501 g/mol. The molecule has 8 nitrogen and oxygen atoms in total. The van der Waals surface area contributed by atoms with Crippen molar-refractivity contribution in [3.8, 4) is 0 Å². The van der Waals surface area contributed by atoms with Gasteiger partial charge in [-0.1, -0.05) is 49.6 Å². The highest BCUT2D eigenvalue weighted by atomic mass is 19.1. The molecule has 1 aliphatic carbocycles. The number of benzene rings is 2. The molecule has 0 spiro atoms. The Kier molecular flexibility index (Phi) is 6.46. The van der Waals surface area contributed by atoms with Crippen LogP contribution < -0.4 is 10.5 Å². The molecule has 1 aliphatic heterocycles. The maximum Gasteiger partial charge on any atom is 0.253 e. The molecule has 6 rings (SSSR count). The van der Waals surface area contributed by atoms with E-state index in [1.54, 1.807) is 6.07 Å². The quantitative estimate of drug-likeness (QED) is 0.437. The number of aromatic nitrogens is 5. The Balaban J connectivity index is 1.40. The van der Waals surface area contributed by atoms with Crippen molar-refractivity contribution in [1.29, 1.82) is 0 Å². The lowest BCUT2D eigenvalue weighted by Gasteiger charge is -2.40. The molecule has 2 aromatic heterocycles. The van der Waals surface area contributed by atoms with E-state index in [-0.39, 0.29) is 17.4 Å². The van der Waals surface area contributed by atoms with Gasteiger partial charge in [0.25, 0.3) is 5.56 Å². The third kappa shape index (κ3) is 4.52. The van der Waals surface area contributed by atoms with Crippen molar-refractivity contribution < 1.29 is 4.39 Å². The van der Waals surface area contributed by atoms with Gasteiger partial charge in [-0.15, -0.1) is 5.10 Å². The van der Waals surface area contributed by atoms with Crippen LogP contribution in [0.2, 0.25) is 0 Å². The zero-order valence-electron chi connectivity index (χ0n) is 21.1. The molecule has 4 aromatic rings. The number of halogens is 1. The highest BCUT2D eigenvalue weighted by Gasteiger charge is 2.34. The number of nitrogens with one attached hydrogen (secondary N) is 1. The van der Waals surface area contributed by atoms with Crippen molar-refractivity contribution in [1.82, 2.24) is 30.1 Å². The number of piperazine rings is 1. The van der Waals surface area contributed by atoms with E-state index in [1.165, 1.54) is 12.5 Å². The van der Waals surface area contributed by atoms with Crippen LogP contribution in [0.15, 0.2) is 53.3 Å². The number of pyridine rings is 1. The first-order chi connectivity index (χ1) is 18.1. The number of H-pyrrole nitrogens is 1. The lowest BCUT2D eigenvalue weighted by Crippen LogP contribution is -2.49. The molecule has 37 heavy (non-hydrogen) atoms. The number of hydrogen-bond acceptors (Lipinski definition) is 6. The smallest absolute Gasteiger partial charge is 0.253 e. The lowest BCUT2D eigenvalue weighted by molar-refractivity contribution is 0.192. The van der Waals surface area contributed by atoms with Crippen LogP contribution in [0.25, 0.3) is 10.9 Å². The molecule has 1 unspecified atom stereocenters. The third-order valence-electron chi connectivity index (χ3n) is 7.97. The molecule has 2 aliphatic rings. The molecular weight excluding hydrogens is 469 g/mol. The van der Waals surface area contributed by atoms with E-state index >= 15 is 0 Å². The Labute approximate surface area is 215 Å². The number of aryl methyl sites for hydroxylation is 1. The first kappa shape index (κ1) is 23.8. The summed E-state index contributed by atoms with van der Waals surface area (Å²) in [5.41, 5.74) is 3.02. The summed E-state index contributed by atoms with van der Waals surface area (Å²) < 4.78 is 16.4. The van der Waals surface area contributed by atoms with Gasteiger partial charge in [-0.3, -0.25) is 9.69 Å². The van der Waals surface area contributed by atoms with E-state index in [4.69, 9.17) is 0 Å². The van der Waals surface area contributed by atoms with Gasteiger partial charge in [0.15, 0.2) is 5.82 Å². The summed E-state index contributed by atoms with van der Waals surface area (Å²) in [5.74, 6) is 0.499. The van der Waals surface area contributed by atoms with Crippen molar-refractivity contribution in [3.63, 3.8) is 0 Å². The van der Waals surface area contributed by atoms with Crippen molar-refractivity contribution >= 4 is 16.6 Å². The number of nitrogens with zero attached hydrogens (tertiary/aromatic N) is 6. The number of anilines is 1. The molecular formula is C28H32FN7O. The Morgan fingerprint density at radius 1 is 1.00 bits per heavy atom. The molecule has 2 fully saturated rings. The second-order valence-electron chi connectivity index (χ2n) is 10.2. The fourth-order valence-corrected chi connectivity index (χ4v) is 6.00. The zero-order chi connectivity index (χ0) is 25.4. The summed E-state index contributed by atoms with van der Waals surface area (Å²) in [5, 5.41) is 14.0. The Morgan fingerprint density at radius 2 is 1.78 bits per heavy atom. The summed E-state index contributed by atoms with van der Waals surface area (Å²) in [7, 11) is 0. The van der Waals surface area contributed by atoms with Crippen LogP contribution in [0.5, 0.6) is 0 Å². The zero-order valence-corrected chi connectivity index (χ0v) is 21.1. The van der Waals surface area contributed by atoms with Gasteiger partial charge in [-0.2, -0.15) is 0 Å². The van der Waals surface area contributed by atoms with E-state index in [2.05, 4.69) is 30.3 Å². The van der Waals surface area contributed by atoms with Crippen molar-refractivity contribution in [2.24, 2.45) is 0 Å². The minimum atomic E-state index is -0.395. The standard InChI is InChI=1S/C28H32FN7O/c1-19-8-7-9-20-18-22(28(37)30-25(19)20)26(27-31-32-33-36(27)21-10-3-2-4-11-21)35-16-14-34(15-17-35)24-13-6-5-12-23(24)29/h5-9,12-13,18,21,26H,2-4,10-11,14-17H2,1H3,(H,30,37). The molecule has 2 aromatic carbocycles. The van der Waals surface area contributed by atoms with E-state index in [0.29, 0.717) is 43.3 Å². The van der Waals surface area contributed by atoms with Gasteiger partial charge in [-0.05, 0) is 59.3 Å². The highest BCUT2D eigenvalue weighted by Crippen LogP contribution is 2.34. The van der Waals surface area contributed by atoms with Crippen molar-refractivity contribution in [3.05, 3.63) is 81.7 Å². The number of hydrogen-bond donors (Lipinski definition) is 1. The topological polar surface area (TPSA) is 82.9 Å². The SMILES string of the molecule is Cc1cccc2cc(C(c3nnnn3C3CCCCC3)N3CCN(c4ccccc4F)CC3)c(=O)[nH]c12. The maximum absolute atomic E-state index is 14.5. The number of rotatable bonds is 5. The number of aromatic amines is 1. The Hall–Kier alpha value is -3.59. The minimum absolute atomic E-state index is 0.124. The molecule has 1 saturated carbocycles. The summed E-state index contributed by atoms with van der Waals surface area (Å²) in [4.78, 5) is 21.0. The van der Waals surface area contributed by atoms with E-state index in [0.717, 1.165) is 42.1 Å². The van der Waals surface area contributed by atoms with Gasteiger partial charge in [0.2, 0.25) is 0 Å². The largest absolute Gasteiger partial charge is 0.367 e. The van der Waals surface area contributed by atoms with Gasteiger partial charge < -0.3 is 9.88 Å². The van der Waals surface area contributed by atoms with Crippen LogP contribution in [0.3, 0.4) is 0 Å². The second kappa shape index (κ2) is 10.0. The van der Waals surface area contributed by atoms with Crippen LogP contribution >= 0.6 is 0 Å². The maximum atomic E-state index is 14.5. The fourth-order valence-electron chi connectivity index (χ4n) is 6.00. The molecule has 192 valence electrons. The van der Waals surface area contributed by atoms with Gasteiger partial charge in [0.05, 0.1) is 17.2 Å². The van der Waals surface area contributed by atoms with Crippen LogP contribution in [0.4, 0.5) is 10.1 Å². The third-order valence-corrected chi connectivity index (χ3v) is 7.97. The summed E-state index contributed by atoms with van der Waals surface area (Å²) >= 11 is 0. The van der Waals surface area contributed by atoms with Crippen LogP contribution in [-0.4, -0.2) is 56.3 Å². The van der Waals surface area contributed by atoms with Crippen molar-refractivity contribution in [2.45, 2.75) is 51.1 Å². The summed E-state index contributed by atoms with van der Waals surface area (Å²) in [6.45, 7) is 4.60. The first-order valence-electron chi connectivity index (χ1n) is 13.2. The average molecular weight is 502 g/mol. The predicted molar refractivity (Wildman–Crippen MR) is 141 cm³/mol. The first-order valence-corrected chi connectivity index (χ1v) is 13.2. The molecule has 9 heteroatoms. The molecule has 1 atom stereocenters. The normalized spacial score (nSPS) is 18.4. The Morgan fingerprint density at radius 3 is 2.57 bits per heavy atom. The van der Waals surface area contributed by atoms with Gasteiger partial charge in [0, 0.05) is 31.7 Å². The van der Waals surface area contributed by atoms with Gasteiger partial charge in [-0.25, -0.2) is 9.07 Å². The number of para-hydroxylation sites is 2. The molecule has 0 radical (unpaired) electrons. The molecule has 1 saturated heterocycles. The van der Waals surface area contributed by atoms with Gasteiger partial charge >= 0.3 is 0 Å². The van der Waals surface area contributed by atoms with E-state index < -0.39 is 6.04 Å². The van der Waals surface area contributed by atoms with Gasteiger partial charge in [0.1, 0.15) is 11.9 Å². The minimum Gasteiger partial charge on any atom is -0.367 e. The molecule has 1 N–H and O–H groups in total. The van der Waals surface area contributed by atoms with Crippen LogP contribution in [0, 0.1) is 12.7 Å². The highest BCUT2D eigenvalue weighted by molar-refractivity contribution is 5.82. The van der Waals surface area contributed by atoms with Crippen molar-refractivity contribution in [2.75, 3.05) is 31.1 Å². The van der Waals surface area contributed by atoms with E-state index in [9.17, 15) is 9.18 Å². The number of fused-ring (bicyclic) bond motifs is 1. The van der Waals surface area contributed by atoms with E-state index in [1.807, 2.05) is 48.0 Å². The fraction of sp³-hybridized carbons (Fsp3) is 0.429. The predicted octanol–water partition coefficient (Wildman–Crippen LogP) is 4.38. The molecule has 0 amide bonds. The Bertz CT molecular complexity index is 1450. The average Bonchev–Trinajstić information content (AvgIpc) is 3.41. The summed E-state index contributed by atoms with van der Waals surface area (Å²) in [6, 6.07) is 14.8. The lowest BCUT2D eigenvalue weighted by atomic mass is 9.95. The van der Waals surface area contributed by atoms with Crippen LogP contribution in [0.1, 0.15) is 61.1 Å². The van der Waals surface area contributed by atoms with Crippen LogP contribution in [-0.2, 0) is 0 Å². The molecule has 0 bridgehead atoms. The summed E-state index contributed by atoms with van der Waals surface area (Å²) in [6.07, 6.45) is 5.63. The second-order valence-corrected chi connectivity index (χ2v) is 10.2.